The lowest BCUT2D eigenvalue weighted by atomic mass is 10.1. The molecule has 2 aliphatic carbocycles. The number of hydrogen-bond donors (Lipinski definition) is 3. The second kappa shape index (κ2) is 8.41. The second-order valence-electron chi connectivity index (χ2n) is 9.26. The highest BCUT2D eigenvalue weighted by molar-refractivity contribution is 7.89. The Hall–Kier alpha value is -3.00. The number of fused-ring (bicyclic) bond motifs is 1. The van der Waals surface area contributed by atoms with Gasteiger partial charge in [-0.05, 0) is 43.9 Å². The third-order valence-corrected chi connectivity index (χ3v) is 6.81. The van der Waals surface area contributed by atoms with Gasteiger partial charge >= 0.3 is 0 Å². The van der Waals surface area contributed by atoms with Crippen LogP contribution in [0.5, 0.6) is 0 Å². The van der Waals surface area contributed by atoms with Gasteiger partial charge in [-0.3, -0.25) is 0 Å². The van der Waals surface area contributed by atoms with Gasteiger partial charge in [-0.25, -0.2) is 4.98 Å². The fourth-order valence-corrected chi connectivity index (χ4v) is 4.71. The first-order valence-electron chi connectivity index (χ1n) is 11.1. The Morgan fingerprint density at radius 1 is 1.36 bits per heavy atom. The van der Waals surface area contributed by atoms with Crippen molar-refractivity contribution in [2.45, 2.75) is 43.0 Å². The van der Waals surface area contributed by atoms with Crippen LogP contribution in [-0.4, -0.2) is 50.6 Å². The molecule has 2 aliphatic rings. The molecule has 1 aromatic carbocycles. The van der Waals surface area contributed by atoms with E-state index in [2.05, 4.69) is 31.7 Å². The summed E-state index contributed by atoms with van der Waals surface area (Å²) in [6.45, 7) is 0.774. The number of nitrogens with one attached hydrogen (secondary N) is 2. The first-order chi connectivity index (χ1) is 15.8. The van der Waals surface area contributed by atoms with Crippen molar-refractivity contribution in [1.82, 2.24) is 14.6 Å². The van der Waals surface area contributed by atoms with Crippen LogP contribution in [0.1, 0.15) is 36.8 Å². The third kappa shape index (κ3) is 4.85. The molecule has 2 heterocycles. The molecule has 33 heavy (non-hydrogen) atoms. The van der Waals surface area contributed by atoms with Gasteiger partial charge in [0.2, 0.25) is 0 Å². The summed E-state index contributed by atoms with van der Waals surface area (Å²) in [6.07, 6.45) is 7.57. The summed E-state index contributed by atoms with van der Waals surface area (Å²) in [4.78, 5) is 6.79. The highest BCUT2D eigenvalue weighted by atomic mass is 32.2. The molecule has 0 spiro atoms. The third-order valence-electron chi connectivity index (χ3n) is 6.09. The molecule has 172 valence electrons. The fraction of sp³-hybridized carbons (Fsp3) is 0.435. The Morgan fingerprint density at radius 3 is 2.82 bits per heavy atom. The van der Waals surface area contributed by atoms with Crippen LogP contribution in [0.2, 0.25) is 0 Å². The number of likely N-dealkylation sites (N-methyl/N-ethyl adjacent to an activating group) is 1. The summed E-state index contributed by atoms with van der Waals surface area (Å²) >= 11 is -0.986. The van der Waals surface area contributed by atoms with Gasteiger partial charge in [-0.2, -0.15) is 14.9 Å². The molecule has 2 saturated carbocycles. The number of nitriles is 1. The van der Waals surface area contributed by atoms with Crippen molar-refractivity contribution in [2.75, 3.05) is 35.4 Å². The van der Waals surface area contributed by atoms with Gasteiger partial charge in [0.1, 0.15) is 29.0 Å². The number of benzene rings is 1. The Labute approximate surface area is 196 Å². The molecule has 1 unspecified atom stereocenters. The molecule has 2 fully saturated rings. The van der Waals surface area contributed by atoms with Gasteiger partial charge in [0.25, 0.3) is 0 Å². The van der Waals surface area contributed by atoms with Crippen molar-refractivity contribution in [3.8, 4) is 6.07 Å². The number of anilines is 4. The normalized spacial score (nSPS) is 17.4. The van der Waals surface area contributed by atoms with Crippen LogP contribution in [0.3, 0.4) is 0 Å². The quantitative estimate of drug-likeness (QED) is 0.412. The topological polar surface area (TPSA) is 130 Å². The van der Waals surface area contributed by atoms with E-state index < -0.39 is 11.2 Å². The number of hydrogen-bond acceptors (Lipinski definition) is 8. The maximum absolute atomic E-state index is 12.1. The predicted octanol–water partition coefficient (Wildman–Crippen LogP) is 2.72. The molecule has 0 aliphatic heterocycles. The van der Waals surface area contributed by atoms with E-state index in [0.717, 1.165) is 55.0 Å². The smallest absolute Gasteiger partial charge is 0.177 e. The zero-order valence-electron chi connectivity index (χ0n) is 18.8. The van der Waals surface area contributed by atoms with Gasteiger partial charge in [-0.1, -0.05) is 11.2 Å². The molecule has 9 nitrogen and oxygen atoms in total. The first kappa shape index (κ1) is 21.8. The van der Waals surface area contributed by atoms with Crippen LogP contribution < -0.4 is 21.3 Å². The van der Waals surface area contributed by atoms with E-state index in [9.17, 15) is 9.81 Å². The van der Waals surface area contributed by atoms with E-state index in [1.54, 1.807) is 10.8 Å². The van der Waals surface area contributed by atoms with Gasteiger partial charge < -0.3 is 25.8 Å². The average Bonchev–Trinajstić information content (AvgIpc) is 3.67. The zero-order chi connectivity index (χ0) is 23.2. The molecule has 10 heteroatoms. The van der Waals surface area contributed by atoms with Crippen molar-refractivity contribution in [3.63, 3.8) is 0 Å². The lowest BCUT2D eigenvalue weighted by molar-refractivity contribution is 0.600. The standard InChI is InChI=1S/C23H28N8OS/c1-30(14-23(25)7-8-23)19-6-5-18(9-15(19)13-33(2)32)27-20-10-21(28-17-3-4-17)31-22(29-20)16(11-24)12-26-31/h5-6,9-10,12,17,28H,3-4,7-8,13-14,25H2,1-2H3,(H,27,29). The Balaban J connectivity index is 1.46. The van der Waals surface area contributed by atoms with Crippen LogP contribution in [0.4, 0.5) is 23.0 Å². The summed E-state index contributed by atoms with van der Waals surface area (Å²) in [5, 5.41) is 20.6. The molecule has 5 rings (SSSR count). The lowest BCUT2D eigenvalue weighted by Crippen LogP contribution is -2.37. The van der Waals surface area contributed by atoms with E-state index in [1.165, 1.54) is 6.20 Å². The van der Waals surface area contributed by atoms with Crippen molar-refractivity contribution < 1.29 is 4.55 Å². The molecule has 4 N–H and O–H groups in total. The molecule has 0 bridgehead atoms. The minimum atomic E-state index is -0.986. The van der Waals surface area contributed by atoms with Crippen LogP contribution in [0, 0.1) is 11.3 Å². The summed E-state index contributed by atoms with van der Waals surface area (Å²) in [7, 11) is 2.03. The highest BCUT2D eigenvalue weighted by Crippen LogP contribution is 2.35. The van der Waals surface area contributed by atoms with Crippen molar-refractivity contribution in [1.29, 1.82) is 5.26 Å². The van der Waals surface area contributed by atoms with Crippen LogP contribution in [0.15, 0.2) is 30.5 Å². The first-order valence-corrected chi connectivity index (χ1v) is 12.8. The van der Waals surface area contributed by atoms with E-state index in [-0.39, 0.29) is 5.54 Å². The summed E-state index contributed by atoms with van der Waals surface area (Å²) < 4.78 is 13.8. The SMILES string of the molecule is CN(CC1(N)CC1)c1ccc(Nc2cc(NC3CC3)n3ncc(C#N)c3n2)cc1C[S+](C)[O-]. The van der Waals surface area contributed by atoms with E-state index in [0.29, 0.717) is 28.8 Å². The van der Waals surface area contributed by atoms with Crippen molar-refractivity contribution in [3.05, 3.63) is 41.6 Å². The minimum Gasteiger partial charge on any atom is -0.616 e. The molecule has 0 amide bonds. The lowest BCUT2D eigenvalue weighted by Gasteiger charge is -2.26. The van der Waals surface area contributed by atoms with Crippen molar-refractivity contribution >= 4 is 39.8 Å². The maximum Gasteiger partial charge on any atom is 0.177 e. The largest absolute Gasteiger partial charge is 0.616 e. The van der Waals surface area contributed by atoms with E-state index in [4.69, 9.17) is 5.73 Å². The van der Waals surface area contributed by atoms with Crippen molar-refractivity contribution in [2.24, 2.45) is 5.73 Å². The Kier molecular flexibility index (Phi) is 5.56. The summed E-state index contributed by atoms with van der Waals surface area (Å²) in [5.41, 5.74) is 10.0. The number of nitrogens with zero attached hydrogens (tertiary/aromatic N) is 5. The van der Waals surface area contributed by atoms with E-state index in [1.807, 2.05) is 31.3 Å². The fourth-order valence-electron chi connectivity index (χ4n) is 4.04. The molecule has 1 atom stereocenters. The molecule has 3 aromatic rings. The van der Waals surface area contributed by atoms with Gasteiger partial charge in [0.15, 0.2) is 5.65 Å². The van der Waals surface area contributed by atoms with Gasteiger partial charge in [-0.15, -0.1) is 0 Å². The average molecular weight is 465 g/mol. The van der Waals surface area contributed by atoms with Crippen LogP contribution in [0.25, 0.3) is 5.65 Å². The molecule has 0 radical (unpaired) electrons. The second-order valence-corrected chi connectivity index (χ2v) is 10.7. The van der Waals surface area contributed by atoms with E-state index >= 15 is 0 Å². The number of nitrogens with two attached hydrogens (primary N) is 1. The number of rotatable bonds is 9. The maximum atomic E-state index is 12.1. The Morgan fingerprint density at radius 2 is 2.15 bits per heavy atom. The number of aromatic nitrogens is 3. The molecule has 2 aromatic heterocycles. The van der Waals surface area contributed by atoms with Gasteiger partial charge in [0, 0.05) is 48.2 Å². The molecular weight excluding hydrogens is 436 g/mol. The monoisotopic (exact) mass is 464 g/mol. The molecular formula is C23H28N8OS. The zero-order valence-corrected chi connectivity index (χ0v) is 19.7. The van der Waals surface area contributed by atoms with Gasteiger partial charge in [0.05, 0.1) is 12.5 Å². The summed E-state index contributed by atoms with van der Waals surface area (Å²) in [5.74, 6) is 1.87. The molecule has 0 saturated heterocycles. The Bertz CT molecular complexity index is 1230. The minimum absolute atomic E-state index is 0.109. The summed E-state index contributed by atoms with van der Waals surface area (Å²) in [6, 6.07) is 10.5. The predicted molar refractivity (Wildman–Crippen MR) is 131 cm³/mol. The van der Waals surface area contributed by atoms with Crippen LogP contribution >= 0.6 is 0 Å². The highest BCUT2D eigenvalue weighted by Gasteiger charge is 2.39. The van der Waals surface area contributed by atoms with Crippen LogP contribution in [-0.2, 0) is 16.9 Å².